The number of likely N-dealkylation sites (N-methyl/N-ethyl adjacent to an activating group) is 1. The predicted molar refractivity (Wildman–Crippen MR) is 111 cm³/mol. The second-order valence-electron chi connectivity index (χ2n) is 6.62. The van der Waals surface area contributed by atoms with Gasteiger partial charge in [-0.2, -0.15) is 0 Å². The van der Waals surface area contributed by atoms with Gasteiger partial charge in [0.2, 0.25) is 17.7 Å². The monoisotopic (exact) mass is 411 g/mol. The molecule has 150 valence electrons. The van der Waals surface area contributed by atoms with Crippen molar-refractivity contribution in [1.82, 2.24) is 9.80 Å². The Morgan fingerprint density at radius 2 is 1.79 bits per heavy atom. The van der Waals surface area contributed by atoms with E-state index in [1.807, 2.05) is 24.5 Å². The number of hydrogen-bond acceptors (Lipinski definition) is 5. The first-order chi connectivity index (χ1) is 13.9. The number of fused-ring (bicyclic) bond motifs is 1. The van der Waals surface area contributed by atoms with E-state index in [1.165, 1.54) is 23.7 Å². The van der Waals surface area contributed by atoms with Crippen LogP contribution in [0.15, 0.2) is 53.4 Å². The minimum absolute atomic E-state index is 0.0743. The first-order valence-electron chi connectivity index (χ1n) is 9.00. The van der Waals surface area contributed by atoms with Gasteiger partial charge < -0.3 is 10.2 Å². The maximum Gasteiger partial charge on any atom is 0.261 e. The number of benzene rings is 2. The van der Waals surface area contributed by atoms with Crippen LogP contribution in [-0.2, 0) is 20.8 Å². The van der Waals surface area contributed by atoms with E-state index in [4.69, 9.17) is 0 Å². The highest BCUT2D eigenvalue weighted by molar-refractivity contribution is 7.98. The Labute approximate surface area is 173 Å². The molecule has 0 bridgehead atoms. The summed E-state index contributed by atoms with van der Waals surface area (Å²) in [5.74, 6) is -1.76. The van der Waals surface area contributed by atoms with Crippen LogP contribution in [0.3, 0.4) is 0 Å². The van der Waals surface area contributed by atoms with E-state index in [-0.39, 0.29) is 18.9 Å². The topological polar surface area (TPSA) is 86.8 Å². The molecule has 1 heterocycles. The molecule has 0 fully saturated rings. The zero-order valence-electron chi connectivity index (χ0n) is 16.2. The first-order valence-corrected chi connectivity index (χ1v) is 10.2. The Hall–Kier alpha value is -3.13. The van der Waals surface area contributed by atoms with Gasteiger partial charge in [0, 0.05) is 17.5 Å². The standard InChI is InChI=1S/C21H21N3O4S/c1-23(12-18(25)22-16-9-5-6-10-17(16)29-2)20(27)13-24-19(26)11-14-7-3-4-8-15(14)21(24)28/h3-10H,11-13H2,1-2H3,(H,22,25). The van der Waals surface area contributed by atoms with Crippen LogP contribution in [0.4, 0.5) is 5.69 Å². The Kier molecular flexibility index (Phi) is 6.33. The fourth-order valence-corrected chi connectivity index (χ4v) is 3.61. The van der Waals surface area contributed by atoms with Crippen molar-refractivity contribution >= 4 is 41.1 Å². The number of para-hydroxylation sites is 1. The summed E-state index contributed by atoms with van der Waals surface area (Å²) in [6, 6.07) is 14.2. The quantitative estimate of drug-likeness (QED) is 0.581. The number of amides is 4. The molecule has 2 aromatic rings. The lowest BCUT2D eigenvalue weighted by Crippen LogP contribution is -2.48. The number of hydrogen-bond donors (Lipinski definition) is 1. The summed E-state index contributed by atoms with van der Waals surface area (Å²) in [5.41, 5.74) is 1.75. The van der Waals surface area contributed by atoms with Crippen molar-refractivity contribution in [1.29, 1.82) is 0 Å². The Morgan fingerprint density at radius 3 is 2.55 bits per heavy atom. The molecule has 0 atom stereocenters. The van der Waals surface area contributed by atoms with Gasteiger partial charge in [0.05, 0.1) is 18.7 Å². The van der Waals surface area contributed by atoms with Gasteiger partial charge >= 0.3 is 0 Å². The number of anilines is 1. The van der Waals surface area contributed by atoms with Crippen LogP contribution in [0, 0.1) is 0 Å². The molecule has 1 aliphatic rings. The van der Waals surface area contributed by atoms with Crippen molar-refractivity contribution in [3.8, 4) is 0 Å². The maximum absolute atomic E-state index is 12.6. The molecule has 7 nitrogen and oxygen atoms in total. The third-order valence-electron chi connectivity index (χ3n) is 4.62. The molecule has 2 aromatic carbocycles. The number of nitrogens with zero attached hydrogens (tertiary/aromatic N) is 2. The molecule has 0 aromatic heterocycles. The molecule has 0 saturated heterocycles. The van der Waals surface area contributed by atoms with Crippen molar-refractivity contribution in [2.45, 2.75) is 11.3 Å². The zero-order chi connectivity index (χ0) is 21.0. The predicted octanol–water partition coefficient (Wildman–Crippen LogP) is 2.03. The summed E-state index contributed by atoms with van der Waals surface area (Å²) in [6.07, 6.45) is 1.98. The van der Waals surface area contributed by atoms with Crippen molar-refractivity contribution < 1.29 is 19.2 Å². The van der Waals surface area contributed by atoms with E-state index >= 15 is 0 Å². The second-order valence-corrected chi connectivity index (χ2v) is 7.47. The van der Waals surface area contributed by atoms with Crippen LogP contribution in [0.25, 0.3) is 0 Å². The molecule has 0 aliphatic carbocycles. The van der Waals surface area contributed by atoms with Crippen LogP contribution in [-0.4, -0.2) is 59.8 Å². The molecule has 3 rings (SSSR count). The summed E-state index contributed by atoms with van der Waals surface area (Å²) in [7, 11) is 1.47. The summed E-state index contributed by atoms with van der Waals surface area (Å²) in [5, 5.41) is 2.78. The van der Waals surface area contributed by atoms with Gasteiger partial charge in [0.15, 0.2) is 0 Å². The number of nitrogens with one attached hydrogen (secondary N) is 1. The molecule has 0 saturated carbocycles. The lowest BCUT2D eigenvalue weighted by molar-refractivity contribution is -0.138. The third-order valence-corrected chi connectivity index (χ3v) is 5.41. The molecular weight excluding hydrogens is 390 g/mol. The minimum Gasteiger partial charge on any atom is -0.335 e. The Bertz CT molecular complexity index is 976. The van der Waals surface area contributed by atoms with Gasteiger partial charge in [-0.15, -0.1) is 11.8 Å². The molecule has 4 amide bonds. The van der Waals surface area contributed by atoms with Gasteiger partial charge in [-0.1, -0.05) is 30.3 Å². The second kappa shape index (κ2) is 8.91. The third kappa shape index (κ3) is 4.65. The van der Waals surface area contributed by atoms with Gasteiger partial charge in [-0.05, 0) is 30.0 Å². The highest BCUT2D eigenvalue weighted by Crippen LogP contribution is 2.24. The summed E-state index contributed by atoms with van der Waals surface area (Å²) in [4.78, 5) is 52.8. The molecule has 8 heteroatoms. The molecule has 0 spiro atoms. The lowest BCUT2D eigenvalue weighted by Gasteiger charge is -2.28. The van der Waals surface area contributed by atoms with E-state index in [1.54, 1.807) is 30.3 Å². The fourth-order valence-electron chi connectivity index (χ4n) is 3.06. The average Bonchev–Trinajstić information content (AvgIpc) is 2.71. The van der Waals surface area contributed by atoms with Crippen LogP contribution < -0.4 is 5.32 Å². The first kappa shape index (κ1) is 20.6. The van der Waals surface area contributed by atoms with Crippen LogP contribution in [0.2, 0.25) is 0 Å². The molecule has 0 radical (unpaired) electrons. The largest absolute Gasteiger partial charge is 0.335 e. The maximum atomic E-state index is 12.6. The lowest BCUT2D eigenvalue weighted by atomic mass is 9.98. The normalized spacial score (nSPS) is 13.1. The number of imide groups is 1. The fraction of sp³-hybridized carbons (Fsp3) is 0.238. The van der Waals surface area contributed by atoms with Crippen molar-refractivity contribution in [3.05, 3.63) is 59.7 Å². The zero-order valence-corrected chi connectivity index (χ0v) is 17.0. The summed E-state index contributed by atoms with van der Waals surface area (Å²) < 4.78 is 0. The minimum atomic E-state index is -0.489. The van der Waals surface area contributed by atoms with Crippen LogP contribution in [0.5, 0.6) is 0 Å². The van der Waals surface area contributed by atoms with E-state index in [2.05, 4.69) is 5.32 Å². The van der Waals surface area contributed by atoms with Crippen molar-refractivity contribution in [3.63, 3.8) is 0 Å². The number of carbonyl (C=O) groups excluding carboxylic acids is 4. The smallest absolute Gasteiger partial charge is 0.261 e. The Morgan fingerprint density at radius 1 is 1.10 bits per heavy atom. The van der Waals surface area contributed by atoms with E-state index in [9.17, 15) is 19.2 Å². The van der Waals surface area contributed by atoms with Crippen molar-refractivity contribution in [2.24, 2.45) is 0 Å². The molecule has 1 N–H and O–H groups in total. The van der Waals surface area contributed by atoms with Gasteiger partial charge in [0.25, 0.3) is 5.91 Å². The van der Waals surface area contributed by atoms with Crippen molar-refractivity contribution in [2.75, 3.05) is 31.7 Å². The van der Waals surface area contributed by atoms with Gasteiger partial charge in [0.1, 0.15) is 6.54 Å². The van der Waals surface area contributed by atoms with Gasteiger partial charge in [-0.25, -0.2) is 0 Å². The number of carbonyl (C=O) groups is 4. The number of rotatable bonds is 6. The van der Waals surface area contributed by atoms with Crippen LogP contribution >= 0.6 is 11.8 Å². The average molecular weight is 411 g/mol. The highest BCUT2D eigenvalue weighted by atomic mass is 32.2. The van der Waals surface area contributed by atoms with Gasteiger partial charge in [-0.3, -0.25) is 24.1 Å². The molecular formula is C21H21N3O4S. The summed E-state index contributed by atoms with van der Waals surface area (Å²) in [6.45, 7) is -0.578. The Balaban J connectivity index is 1.61. The van der Waals surface area contributed by atoms with E-state index in [0.29, 0.717) is 16.8 Å². The van der Waals surface area contributed by atoms with Crippen LogP contribution in [0.1, 0.15) is 15.9 Å². The molecule has 0 unspecified atom stereocenters. The molecule has 1 aliphatic heterocycles. The highest BCUT2D eigenvalue weighted by Gasteiger charge is 2.32. The van der Waals surface area contributed by atoms with E-state index < -0.39 is 24.3 Å². The number of thioether (sulfide) groups is 1. The molecule has 29 heavy (non-hydrogen) atoms. The summed E-state index contributed by atoms with van der Waals surface area (Å²) >= 11 is 1.50. The SMILES string of the molecule is CSc1ccccc1NC(=O)CN(C)C(=O)CN1C(=O)Cc2ccccc2C1=O. The van der Waals surface area contributed by atoms with E-state index in [0.717, 1.165) is 9.80 Å².